The number of ether oxygens (including phenoxy) is 1. The van der Waals surface area contributed by atoms with Gasteiger partial charge in [0.15, 0.2) is 0 Å². The molecule has 1 aliphatic rings. The molecule has 1 saturated carbocycles. The Balaban J connectivity index is 2.09. The van der Waals surface area contributed by atoms with Crippen LogP contribution in [0, 0.1) is 11.3 Å². The Morgan fingerprint density at radius 2 is 2.17 bits per heavy atom. The topological polar surface area (TPSA) is 35.2 Å². The molecule has 0 aromatic carbocycles. The van der Waals surface area contributed by atoms with Crippen molar-refractivity contribution in [2.45, 2.75) is 39.2 Å². The summed E-state index contributed by atoms with van der Waals surface area (Å²) < 4.78 is 4.99. The van der Waals surface area contributed by atoms with E-state index < -0.39 is 0 Å². The molecular weight excluding hydrogens is 150 g/mol. The normalized spacial score (nSPS) is 28.5. The predicted molar refractivity (Wildman–Crippen MR) is 51.0 cm³/mol. The summed E-state index contributed by atoms with van der Waals surface area (Å²) in [6.07, 6.45) is 3.52. The van der Waals surface area contributed by atoms with Gasteiger partial charge < -0.3 is 10.5 Å². The summed E-state index contributed by atoms with van der Waals surface area (Å²) in [7, 11) is 1.74. The van der Waals surface area contributed by atoms with Crippen molar-refractivity contribution in [3.05, 3.63) is 0 Å². The summed E-state index contributed by atoms with van der Waals surface area (Å²) in [4.78, 5) is 0. The summed E-state index contributed by atoms with van der Waals surface area (Å²) in [5.41, 5.74) is 6.56. The van der Waals surface area contributed by atoms with Crippen LogP contribution in [0.25, 0.3) is 0 Å². The molecule has 0 saturated heterocycles. The van der Waals surface area contributed by atoms with E-state index in [0.717, 1.165) is 25.4 Å². The highest BCUT2D eigenvalue weighted by Crippen LogP contribution is 2.53. The van der Waals surface area contributed by atoms with Crippen LogP contribution in [-0.4, -0.2) is 19.8 Å². The largest absolute Gasteiger partial charge is 0.385 e. The van der Waals surface area contributed by atoms with E-state index in [2.05, 4.69) is 13.8 Å². The first-order valence-corrected chi connectivity index (χ1v) is 4.82. The van der Waals surface area contributed by atoms with Gasteiger partial charge in [-0.05, 0) is 30.6 Å². The van der Waals surface area contributed by atoms with Gasteiger partial charge in [-0.15, -0.1) is 0 Å². The van der Waals surface area contributed by atoms with Crippen LogP contribution in [0.4, 0.5) is 0 Å². The highest BCUT2D eigenvalue weighted by Gasteiger charge is 2.48. The van der Waals surface area contributed by atoms with Crippen molar-refractivity contribution < 1.29 is 4.74 Å². The Hall–Kier alpha value is -0.0800. The maximum Gasteiger partial charge on any atom is 0.0462 e. The van der Waals surface area contributed by atoms with Crippen LogP contribution in [0.2, 0.25) is 0 Å². The van der Waals surface area contributed by atoms with Crippen molar-refractivity contribution in [2.24, 2.45) is 17.1 Å². The van der Waals surface area contributed by atoms with Crippen molar-refractivity contribution in [3.63, 3.8) is 0 Å². The zero-order chi connectivity index (χ0) is 9.19. The van der Waals surface area contributed by atoms with Gasteiger partial charge in [0, 0.05) is 19.8 Å². The summed E-state index contributed by atoms with van der Waals surface area (Å²) in [6, 6.07) is 0.398. The van der Waals surface area contributed by atoms with E-state index in [9.17, 15) is 0 Å². The monoisotopic (exact) mass is 171 g/mol. The first-order valence-electron chi connectivity index (χ1n) is 4.82. The Kier molecular flexibility index (Phi) is 3.13. The summed E-state index contributed by atoms with van der Waals surface area (Å²) in [5, 5.41) is 0. The first kappa shape index (κ1) is 10.0. The van der Waals surface area contributed by atoms with E-state index in [1.54, 1.807) is 7.11 Å². The molecule has 2 nitrogen and oxygen atoms in total. The maximum atomic E-state index is 6.04. The molecule has 0 aromatic rings. The maximum absolute atomic E-state index is 6.04. The SMILES string of the molecule is COCCCC(N)C1CC1(C)C. The third-order valence-electron chi connectivity index (χ3n) is 2.99. The van der Waals surface area contributed by atoms with Crippen molar-refractivity contribution in [3.8, 4) is 0 Å². The molecule has 2 unspecified atom stereocenters. The minimum Gasteiger partial charge on any atom is -0.385 e. The second kappa shape index (κ2) is 3.75. The highest BCUT2D eigenvalue weighted by atomic mass is 16.5. The summed E-state index contributed by atoms with van der Waals surface area (Å²) in [5.74, 6) is 0.759. The molecule has 0 aliphatic heterocycles. The predicted octanol–water partition coefficient (Wildman–Crippen LogP) is 1.79. The van der Waals surface area contributed by atoms with E-state index in [-0.39, 0.29) is 0 Å². The average molecular weight is 171 g/mol. The molecule has 2 N–H and O–H groups in total. The molecule has 1 fully saturated rings. The molecule has 2 atom stereocenters. The lowest BCUT2D eigenvalue weighted by Crippen LogP contribution is -2.25. The van der Waals surface area contributed by atoms with Gasteiger partial charge in [-0.1, -0.05) is 13.8 Å². The fraction of sp³-hybridized carbons (Fsp3) is 1.00. The Labute approximate surface area is 75.5 Å². The zero-order valence-electron chi connectivity index (χ0n) is 8.47. The molecule has 0 amide bonds. The van der Waals surface area contributed by atoms with E-state index in [1.165, 1.54) is 6.42 Å². The molecule has 12 heavy (non-hydrogen) atoms. The molecule has 0 bridgehead atoms. The fourth-order valence-corrected chi connectivity index (χ4v) is 1.90. The number of methoxy groups -OCH3 is 1. The van der Waals surface area contributed by atoms with E-state index in [4.69, 9.17) is 10.5 Å². The van der Waals surface area contributed by atoms with Gasteiger partial charge in [-0.3, -0.25) is 0 Å². The van der Waals surface area contributed by atoms with Gasteiger partial charge in [0.1, 0.15) is 0 Å². The number of hydrogen-bond acceptors (Lipinski definition) is 2. The van der Waals surface area contributed by atoms with E-state index >= 15 is 0 Å². The van der Waals surface area contributed by atoms with Crippen LogP contribution in [-0.2, 0) is 4.74 Å². The molecule has 0 heterocycles. The van der Waals surface area contributed by atoms with Crippen LogP contribution in [0.3, 0.4) is 0 Å². The Morgan fingerprint density at radius 3 is 2.58 bits per heavy atom. The average Bonchev–Trinajstić information content (AvgIpc) is 2.60. The summed E-state index contributed by atoms with van der Waals surface area (Å²) in [6.45, 7) is 5.45. The molecule has 0 aromatic heterocycles. The molecule has 0 spiro atoms. The third kappa shape index (κ3) is 2.46. The van der Waals surface area contributed by atoms with Crippen molar-refractivity contribution >= 4 is 0 Å². The van der Waals surface area contributed by atoms with Crippen LogP contribution in [0.5, 0.6) is 0 Å². The number of nitrogens with two attached hydrogens (primary N) is 1. The molecule has 1 rings (SSSR count). The van der Waals surface area contributed by atoms with Crippen molar-refractivity contribution in [1.82, 2.24) is 0 Å². The highest BCUT2D eigenvalue weighted by molar-refractivity contribution is 5.00. The lowest BCUT2D eigenvalue weighted by atomic mass is 10.0. The Morgan fingerprint density at radius 1 is 1.58 bits per heavy atom. The van der Waals surface area contributed by atoms with Gasteiger partial charge in [-0.25, -0.2) is 0 Å². The van der Waals surface area contributed by atoms with Gasteiger partial charge in [0.05, 0.1) is 0 Å². The second-order valence-electron chi connectivity index (χ2n) is 4.60. The van der Waals surface area contributed by atoms with Crippen molar-refractivity contribution in [2.75, 3.05) is 13.7 Å². The smallest absolute Gasteiger partial charge is 0.0462 e. The zero-order valence-corrected chi connectivity index (χ0v) is 8.47. The lowest BCUT2D eigenvalue weighted by molar-refractivity contribution is 0.189. The second-order valence-corrected chi connectivity index (χ2v) is 4.60. The van der Waals surface area contributed by atoms with Gasteiger partial charge in [0.2, 0.25) is 0 Å². The first-order chi connectivity index (χ1) is 5.58. The lowest BCUT2D eigenvalue weighted by Gasteiger charge is -2.12. The molecule has 1 aliphatic carbocycles. The quantitative estimate of drug-likeness (QED) is 0.640. The van der Waals surface area contributed by atoms with E-state index in [1.807, 2.05) is 0 Å². The molecule has 2 heteroatoms. The van der Waals surface area contributed by atoms with Gasteiger partial charge in [-0.2, -0.15) is 0 Å². The van der Waals surface area contributed by atoms with Crippen LogP contribution in [0.15, 0.2) is 0 Å². The van der Waals surface area contributed by atoms with Crippen LogP contribution >= 0.6 is 0 Å². The number of hydrogen-bond donors (Lipinski definition) is 1. The molecule has 72 valence electrons. The Bertz CT molecular complexity index is 145. The van der Waals surface area contributed by atoms with Gasteiger partial charge in [0.25, 0.3) is 0 Å². The number of rotatable bonds is 5. The van der Waals surface area contributed by atoms with E-state index in [0.29, 0.717) is 11.5 Å². The minimum atomic E-state index is 0.398. The van der Waals surface area contributed by atoms with Crippen LogP contribution in [0.1, 0.15) is 33.1 Å². The standard InChI is InChI=1S/C10H21NO/c1-10(2)7-8(10)9(11)5-4-6-12-3/h8-9H,4-7,11H2,1-3H3. The third-order valence-corrected chi connectivity index (χ3v) is 2.99. The summed E-state index contributed by atoms with van der Waals surface area (Å²) >= 11 is 0. The van der Waals surface area contributed by atoms with Gasteiger partial charge >= 0.3 is 0 Å². The molecular formula is C10H21NO. The minimum absolute atomic E-state index is 0.398. The van der Waals surface area contributed by atoms with Crippen molar-refractivity contribution in [1.29, 1.82) is 0 Å². The fourth-order valence-electron chi connectivity index (χ4n) is 1.90. The van der Waals surface area contributed by atoms with Crippen LogP contribution < -0.4 is 5.73 Å². The molecule has 0 radical (unpaired) electrons.